The van der Waals surface area contributed by atoms with E-state index in [0.29, 0.717) is 18.8 Å². The number of nitrogens with two attached hydrogens (primary N) is 1. The van der Waals surface area contributed by atoms with Gasteiger partial charge in [0, 0.05) is 12.2 Å². The molecular formula is C14H21N3O3. The molecule has 6 heteroatoms. The first-order chi connectivity index (χ1) is 9.58. The number of nitrogens with zero attached hydrogens (tertiary/aromatic N) is 1. The van der Waals surface area contributed by atoms with E-state index >= 15 is 0 Å². The lowest BCUT2D eigenvalue weighted by Gasteiger charge is -2.18. The first kappa shape index (κ1) is 16.1. The topological polar surface area (TPSA) is 84.7 Å². The van der Waals surface area contributed by atoms with Crippen molar-refractivity contribution < 1.29 is 14.3 Å². The maximum Gasteiger partial charge on any atom is 0.319 e. The highest BCUT2D eigenvalue weighted by Gasteiger charge is 2.13. The molecule has 0 fully saturated rings. The highest BCUT2D eigenvalue weighted by molar-refractivity contribution is 5.92. The van der Waals surface area contributed by atoms with Gasteiger partial charge in [0.1, 0.15) is 0 Å². The van der Waals surface area contributed by atoms with Gasteiger partial charge in [-0.3, -0.25) is 14.5 Å². The third-order valence-corrected chi connectivity index (χ3v) is 2.84. The molecule has 0 aromatic heterocycles. The number of benzene rings is 1. The molecule has 0 aliphatic carbocycles. The van der Waals surface area contributed by atoms with Crippen molar-refractivity contribution in [3.05, 3.63) is 29.8 Å². The number of amides is 1. The van der Waals surface area contributed by atoms with Crippen LogP contribution in [0, 0.1) is 0 Å². The monoisotopic (exact) mass is 279 g/mol. The second-order valence-electron chi connectivity index (χ2n) is 4.33. The van der Waals surface area contributed by atoms with Gasteiger partial charge in [0.15, 0.2) is 0 Å². The second kappa shape index (κ2) is 8.29. The van der Waals surface area contributed by atoms with Gasteiger partial charge in [0.2, 0.25) is 5.91 Å². The lowest BCUT2D eigenvalue weighted by atomic mass is 10.2. The number of anilines is 1. The molecule has 0 heterocycles. The summed E-state index contributed by atoms with van der Waals surface area (Å²) in [6, 6.07) is 7.36. The predicted octanol–water partition coefficient (Wildman–Crippen LogP) is 0.579. The summed E-state index contributed by atoms with van der Waals surface area (Å²) in [5.74, 6) is -0.533. The zero-order valence-electron chi connectivity index (χ0n) is 11.9. The zero-order chi connectivity index (χ0) is 15.0. The molecule has 110 valence electrons. The van der Waals surface area contributed by atoms with E-state index in [9.17, 15) is 9.59 Å². The summed E-state index contributed by atoms with van der Waals surface area (Å²) in [6.45, 7) is 3.13. The smallest absolute Gasteiger partial charge is 0.319 e. The summed E-state index contributed by atoms with van der Waals surface area (Å²) >= 11 is 0. The van der Waals surface area contributed by atoms with E-state index in [-0.39, 0.29) is 25.0 Å². The summed E-state index contributed by atoms with van der Waals surface area (Å²) in [5.41, 5.74) is 7.20. The Balaban J connectivity index is 2.54. The van der Waals surface area contributed by atoms with Crippen molar-refractivity contribution in [2.24, 2.45) is 5.73 Å². The van der Waals surface area contributed by atoms with Crippen LogP contribution in [0.2, 0.25) is 0 Å². The minimum absolute atomic E-state index is 0.100. The number of methoxy groups -OCH3 is 1. The first-order valence-corrected chi connectivity index (χ1v) is 6.47. The van der Waals surface area contributed by atoms with Crippen LogP contribution < -0.4 is 11.1 Å². The molecule has 0 saturated carbocycles. The summed E-state index contributed by atoms with van der Waals surface area (Å²) < 4.78 is 4.59. The summed E-state index contributed by atoms with van der Waals surface area (Å²) in [6.07, 6.45) is 0. The molecule has 6 nitrogen and oxygen atoms in total. The number of esters is 1. The zero-order valence-corrected chi connectivity index (χ0v) is 11.9. The standard InChI is InChI=1S/C14H21N3O3/c1-3-17(10-14(19)20-2)9-13(18)16-12-6-4-5-11(7-12)8-15/h4-7H,3,8-10,15H2,1-2H3,(H,16,18). The summed E-state index contributed by atoms with van der Waals surface area (Å²) in [5, 5.41) is 2.78. The van der Waals surface area contributed by atoms with Crippen LogP contribution in [0.15, 0.2) is 24.3 Å². The van der Waals surface area contributed by atoms with Crippen LogP contribution >= 0.6 is 0 Å². The fourth-order valence-electron chi connectivity index (χ4n) is 1.71. The number of hydrogen-bond donors (Lipinski definition) is 2. The SMILES string of the molecule is CCN(CC(=O)Nc1cccc(CN)c1)CC(=O)OC. The third kappa shape index (κ3) is 5.38. The number of hydrogen-bond acceptors (Lipinski definition) is 5. The Morgan fingerprint density at radius 2 is 2.10 bits per heavy atom. The van der Waals surface area contributed by atoms with Gasteiger partial charge in [-0.15, -0.1) is 0 Å². The van der Waals surface area contributed by atoms with Crippen LogP contribution in [0.3, 0.4) is 0 Å². The van der Waals surface area contributed by atoms with Crippen LogP contribution in [0.25, 0.3) is 0 Å². The highest BCUT2D eigenvalue weighted by Crippen LogP contribution is 2.10. The van der Waals surface area contributed by atoms with E-state index in [1.54, 1.807) is 11.0 Å². The molecule has 0 aliphatic rings. The summed E-state index contributed by atoms with van der Waals surface area (Å²) in [7, 11) is 1.33. The van der Waals surface area contributed by atoms with Crippen molar-refractivity contribution in [2.75, 3.05) is 32.1 Å². The molecule has 0 bridgehead atoms. The molecule has 1 aromatic carbocycles. The molecular weight excluding hydrogens is 258 g/mol. The Morgan fingerprint density at radius 3 is 2.70 bits per heavy atom. The molecule has 0 aliphatic heterocycles. The van der Waals surface area contributed by atoms with Crippen LogP contribution in [0.1, 0.15) is 12.5 Å². The Kier molecular flexibility index (Phi) is 6.69. The number of rotatable bonds is 7. The number of likely N-dealkylation sites (N-methyl/N-ethyl adjacent to an activating group) is 1. The molecule has 0 radical (unpaired) electrons. The van der Waals surface area contributed by atoms with Gasteiger partial charge in [-0.25, -0.2) is 0 Å². The minimum Gasteiger partial charge on any atom is -0.468 e. The van der Waals surface area contributed by atoms with Crippen molar-refractivity contribution in [3.63, 3.8) is 0 Å². The molecule has 1 rings (SSSR count). The average molecular weight is 279 g/mol. The molecule has 0 spiro atoms. The molecule has 1 amide bonds. The Bertz CT molecular complexity index is 463. The van der Waals surface area contributed by atoms with Crippen molar-refractivity contribution >= 4 is 17.6 Å². The van der Waals surface area contributed by atoms with Gasteiger partial charge < -0.3 is 15.8 Å². The maximum absolute atomic E-state index is 11.9. The number of carbonyl (C=O) groups excluding carboxylic acids is 2. The van der Waals surface area contributed by atoms with E-state index in [4.69, 9.17) is 5.73 Å². The van der Waals surface area contributed by atoms with Crippen molar-refractivity contribution in [3.8, 4) is 0 Å². The number of nitrogens with one attached hydrogen (secondary N) is 1. The van der Waals surface area contributed by atoms with Crippen LogP contribution in [0.4, 0.5) is 5.69 Å². The molecule has 20 heavy (non-hydrogen) atoms. The third-order valence-electron chi connectivity index (χ3n) is 2.84. The predicted molar refractivity (Wildman–Crippen MR) is 77.1 cm³/mol. The Labute approximate surface area is 118 Å². The lowest BCUT2D eigenvalue weighted by molar-refractivity contribution is -0.142. The van der Waals surface area contributed by atoms with E-state index < -0.39 is 0 Å². The first-order valence-electron chi connectivity index (χ1n) is 6.47. The number of carbonyl (C=O) groups is 2. The van der Waals surface area contributed by atoms with Gasteiger partial charge in [0.25, 0.3) is 0 Å². The highest BCUT2D eigenvalue weighted by atomic mass is 16.5. The van der Waals surface area contributed by atoms with Crippen LogP contribution in [0.5, 0.6) is 0 Å². The molecule has 3 N–H and O–H groups in total. The van der Waals surface area contributed by atoms with Gasteiger partial charge in [-0.05, 0) is 24.2 Å². The Morgan fingerprint density at radius 1 is 1.35 bits per heavy atom. The molecule has 0 atom stereocenters. The molecule has 0 saturated heterocycles. The van der Waals surface area contributed by atoms with Gasteiger partial charge in [0.05, 0.1) is 20.2 Å². The fourth-order valence-corrected chi connectivity index (χ4v) is 1.71. The van der Waals surface area contributed by atoms with Gasteiger partial charge in [-0.1, -0.05) is 19.1 Å². The van der Waals surface area contributed by atoms with Crippen molar-refractivity contribution in [1.29, 1.82) is 0 Å². The summed E-state index contributed by atoms with van der Waals surface area (Å²) in [4.78, 5) is 24.8. The van der Waals surface area contributed by atoms with E-state index in [1.807, 2.05) is 25.1 Å². The fraction of sp³-hybridized carbons (Fsp3) is 0.429. The Hall–Kier alpha value is -1.92. The second-order valence-corrected chi connectivity index (χ2v) is 4.33. The maximum atomic E-state index is 11.9. The van der Waals surface area contributed by atoms with E-state index in [0.717, 1.165) is 5.56 Å². The molecule has 1 aromatic rings. The van der Waals surface area contributed by atoms with Gasteiger partial charge in [-0.2, -0.15) is 0 Å². The minimum atomic E-state index is -0.357. The molecule has 0 unspecified atom stereocenters. The van der Waals surface area contributed by atoms with E-state index in [1.165, 1.54) is 7.11 Å². The van der Waals surface area contributed by atoms with E-state index in [2.05, 4.69) is 10.1 Å². The van der Waals surface area contributed by atoms with Crippen molar-refractivity contribution in [1.82, 2.24) is 4.90 Å². The van der Waals surface area contributed by atoms with Crippen LogP contribution in [-0.2, 0) is 20.9 Å². The van der Waals surface area contributed by atoms with Crippen LogP contribution in [-0.4, -0.2) is 43.5 Å². The van der Waals surface area contributed by atoms with Crippen molar-refractivity contribution in [2.45, 2.75) is 13.5 Å². The normalized spacial score (nSPS) is 10.4. The van der Waals surface area contributed by atoms with Gasteiger partial charge >= 0.3 is 5.97 Å². The number of ether oxygens (including phenoxy) is 1. The lowest BCUT2D eigenvalue weighted by Crippen LogP contribution is -2.37. The quantitative estimate of drug-likeness (QED) is 0.713. The average Bonchev–Trinajstić information content (AvgIpc) is 2.46. The largest absolute Gasteiger partial charge is 0.468 e.